The highest BCUT2D eigenvalue weighted by molar-refractivity contribution is 6.14. The molecule has 0 amide bonds. The number of Topliss-reactive ketones (excluding diaryl/α,β-unsaturated/α-hetero) is 1. The Bertz CT molecular complexity index is 1000. The fourth-order valence-electron chi connectivity index (χ4n) is 3.69. The maximum atomic E-state index is 13.2. The molecular formula is C23H21N3O5. The standard InChI is InChI=1S/C23H21N3O5/c27-23-19(11-16-3-7-21(8-4-16)25(28)29)14-24(13-18-1-2-18)15-20(23)12-17-5-9-22(10-6-17)26(30)31/h3-12,18H,1-2,13-15H2/b19-11-,20-12+. The normalized spacial score (nSPS) is 19.7. The van der Waals surface area contributed by atoms with E-state index in [1.807, 2.05) is 0 Å². The van der Waals surface area contributed by atoms with Gasteiger partial charge in [-0.05, 0) is 66.3 Å². The summed E-state index contributed by atoms with van der Waals surface area (Å²) in [5.41, 5.74) is 2.74. The van der Waals surface area contributed by atoms with Gasteiger partial charge >= 0.3 is 0 Å². The molecule has 1 saturated carbocycles. The smallest absolute Gasteiger partial charge is 0.269 e. The van der Waals surface area contributed by atoms with Crippen molar-refractivity contribution in [2.45, 2.75) is 12.8 Å². The zero-order valence-corrected chi connectivity index (χ0v) is 16.8. The van der Waals surface area contributed by atoms with Gasteiger partial charge in [0.2, 0.25) is 0 Å². The van der Waals surface area contributed by atoms with Crippen LogP contribution in [0.5, 0.6) is 0 Å². The van der Waals surface area contributed by atoms with Crippen LogP contribution >= 0.6 is 0 Å². The van der Waals surface area contributed by atoms with Crippen LogP contribution in [0.3, 0.4) is 0 Å². The van der Waals surface area contributed by atoms with E-state index in [9.17, 15) is 25.0 Å². The number of nitro groups is 2. The number of carbonyl (C=O) groups is 1. The maximum absolute atomic E-state index is 13.2. The summed E-state index contributed by atoms with van der Waals surface area (Å²) < 4.78 is 0. The first-order valence-corrected chi connectivity index (χ1v) is 10.1. The van der Waals surface area contributed by atoms with E-state index in [0.717, 1.165) is 17.7 Å². The topological polar surface area (TPSA) is 107 Å². The number of hydrogen-bond donors (Lipinski definition) is 0. The molecule has 1 saturated heterocycles. The summed E-state index contributed by atoms with van der Waals surface area (Å²) in [6.07, 6.45) is 5.98. The summed E-state index contributed by atoms with van der Waals surface area (Å²) in [6, 6.07) is 12.3. The fraction of sp³-hybridized carbons (Fsp3) is 0.261. The van der Waals surface area contributed by atoms with E-state index in [-0.39, 0.29) is 17.2 Å². The molecule has 0 atom stereocenters. The molecular weight excluding hydrogens is 398 g/mol. The van der Waals surface area contributed by atoms with Crippen LogP contribution in [0.4, 0.5) is 11.4 Å². The summed E-state index contributed by atoms with van der Waals surface area (Å²) in [4.78, 5) is 36.2. The molecule has 0 radical (unpaired) electrons. The van der Waals surface area contributed by atoms with E-state index in [2.05, 4.69) is 4.90 Å². The lowest BCUT2D eigenvalue weighted by Crippen LogP contribution is -2.38. The molecule has 2 aliphatic rings. The Morgan fingerprint density at radius 1 is 0.806 bits per heavy atom. The van der Waals surface area contributed by atoms with Crippen LogP contribution in [0.2, 0.25) is 0 Å². The molecule has 0 N–H and O–H groups in total. The van der Waals surface area contributed by atoms with Gasteiger partial charge in [-0.15, -0.1) is 0 Å². The van der Waals surface area contributed by atoms with Gasteiger partial charge in [0.25, 0.3) is 11.4 Å². The van der Waals surface area contributed by atoms with E-state index in [1.165, 1.54) is 37.1 Å². The quantitative estimate of drug-likeness (QED) is 0.393. The molecule has 158 valence electrons. The molecule has 8 nitrogen and oxygen atoms in total. The minimum absolute atomic E-state index is 0.00577. The van der Waals surface area contributed by atoms with Crippen molar-refractivity contribution in [3.63, 3.8) is 0 Å². The molecule has 1 aliphatic heterocycles. The number of carbonyl (C=O) groups excluding carboxylic acids is 1. The first-order valence-electron chi connectivity index (χ1n) is 10.1. The second-order valence-electron chi connectivity index (χ2n) is 7.98. The lowest BCUT2D eigenvalue weighted by Gasteiger charge is -2.29. The van der Waals surface area contributed by atoms with Gasteiger partial charge in [-0.2, -0.15) is 0 Å². The Balaban J connectivity index is 1.62. The molecule has 1 heterocycles. The van der Waals surface area contributed by atoms with Crippen molar-refractivity contribution in [2.24, 2.45) is 5.92 Å². The number of rotatable bonds is 6. The van der Waals surface area contributed by atoms with E-state index < -0.39 is 9.85 Å². The van der Waals surface area contributed by atoms with Gasteiger partial charge in [-0.3, -0.25) is 29.9 Å². The average Bonchev–Trinajstić information content (AvgIpc) is 3.56. The summed E-state index contributed by atoms with van der Waals surface area (Å²) in [7, 11) is 0. The Kier molecular flexibility index (Phi) is 5.73. The predicted octanol–water partition coefficient (Wildman–Crippen LogP) is 4.26. The summed E-state index contributed by atoms with van der Waals surface area (Å²) in [6.45, 7) is 1.98. The molecule has 2 aromatic rings. The minimum Gasteiger partial charge on any atom is -0.294 e. The van der Waals surface area contributed by atoms with Crippen molar-refractivity contribution in [3.05, 3.63) is 91.0 Å². The van der Waals surface area contributed by atoms with E-state index in [0.29, 0.717) is 30.2 Å². The number of ketones is 1. The third-order valence-electron chi connectivity index (χ3n) is 5.47. The summed E-state index contributed by atoms with van der Waals surface area (Å²) >= 11 is 0. The number of hydrogen-bond acceptors (Lipinski definition) is 6. The molecule has 2 aromatic carbocycles. The Hall–Kier alpha value is -3.65. The van der Waals surface area contributed by atoms with Crippen molar-refractivity contribution in [1.82, 2.24) is 4.90 Å². The van der Waals surface area contributed by atoms with E-state index in [1.54, 1.807) is 36.4 Å². The maximum Gasteiger partial charge on any atom is 0.269 e. The van der Waals surface area contributed by atoms with Gasteiger partial charge in [0.15, 0.2) is 5.78 Å². The Morgan fingerprint density at radius 3 is 1.58 bits per heavy atom. The fourth-order valence-corrected chi connectivity index (χ4v) is 3.69. The second kappa shape index (κ2) is 8.61. The average molecular weight is 419 g/mol. The largest absolute Gasteiger partial charge is 0.294 e. The van der Waals surface area contributed by atoms with Crippen molar-refractivity contribution >= 4 is 29.3 Å². The molecule has 2 fully saturated rings. The lowest BCUT2D eigenvalue weighted by atomic mass is 9.94. The van der Waals surface area contributed by atoms with Crippen LogP contribution in [0.1, 0.15) is 24.0 Å². The number of likely N-dealkylation sites (tertiary alicyclic amines) is 1. The lowest BCUT2D eigenvalue weighted by molar-refractivity contribution is -0.385. The van der Waals surface area contributed by atoms with E-state index >= 15 is 0 Å². The first kappa shape index (κ1) is 20.6. The second-order valence-corrected chi connectivity index (χ2v) is 7.98. The highest BCUT2D eigenvalue weighted by Gasteiger charge is 2.30. The highest BCUT2D eigenvalue weighted by Crippen LogP contribution is 2.32. The number of nitro benzene ring substituents is 2. The van der Waals surface area contributed by atoms with Crippen LogP contribution in [-0.4, -0.2) is 40.2 Å². The van der Waals surface area contributed by atoms with Crippen molar-refractivity contribution < 1.29 is 14.6 Å². The molecule has 4 rings (SSSR count). The molecule has 31 heavy (non-hydrogen) atoms. The van der Waals surface area contributed by atoms with E-state index in [4.69, 9.17) is 0 Å². The number of piperidine rings is 1. The highest BCUT2D eigenvalue weighted by atomic mass is 16.6. The monoisotopic (exact) mass is 419 g/mol. The van der Waals surface area contributed by atoms with Crippen LogP contribution < -0.4 is 0 Å². The number of benzene rings is 2. The van der Waals surface area contributed by atoms with Crippen LogP contribution in [0, 0.1) is 26.1 Å². The van der Waals surface area contributed by atoms with Gasteiger partial charge in [0, 0.05) is 55.0 Å². The van der Waals surface area contributed by atoms with Gasteiger partial charge in [-0.25, -0.2) is 0 Å². The molecule has 0 unspecified atom stereocenters. The van der Waals surface area contributed by atoms with Gasteiger partial charge < -0.3 is 0 Å². The summed E-state index contributed by atoms with van der Waals surface area (Å²) in [5.74, 6) is 0.596. The van der Waals surface area contributed by atoms with Crippen molar-refractivity contribution in [3.8, 4) is 0 Å². The van der Waals surface area contributed by atoms with Crippen molar-refractivity contribution in [1.29, 1.82) is 0 Å². The minimum atomic E-state index is -0.453. The van der Waals surface area contributed by atoms with Gasteiger partial charge in [0.1, 0.15) is 0 Å². The molecule has 0 aromatic heterocycles. The van der Waals surface area contributed by atoms with Crippen molar-refractivity contribution in [2.75, 3.05) is 19.6 Å². The summed E-state index contributed by atoms with van der Waals surface area (Å²) in [5, 5.41) is 21.7. The Morgan fingerprint density at radius 2 is 1.23 bits per heavy atom. The Labute approximate surface area is 178 Å². The zero-order valence-electron chi connectivity index (χ0n) is 16.8. The van der Waals surface area contributed by atoms with Gasteiger partial charge in [-0.1, -0.05) is 0 Å². The third kappa shape index (κ3) is 5.10. The number of non-ortho nitro benzene ring substituents is 2. The zero-order chi connectivity index (χ0) is 22.0. The predicted molar refractivity (Wildman–Crippen MR) is 116 cm³/mol. The third-order valence-corrected chi connectivity index (χ3v) is 5.47. The number of nitrogens with zero attached hydrogens (tertiary/aromatic N) is 3. The van der Waals surface area contributed by atoms with Gasteiger partial charge in [0.05, 0.1) is 9.85 Å². The van der Waals surface area contributed by atoms with Crippen LogP contribution in [0.25, 0.3) is 12.2 Å². The molecule has 0 spiro atoms. The van der Waals surface area contributed by atoms with Crippen LogP contribution in [-0.2, 0) is 4.79 Å². The van der Waals surface area contributed by atoms with Crippen LogP contribution in [0.15, 0.2) is 59.7 Å². The first-order chi connectivity index (χ1) is 14.9. The molecule has 1 aliphatic carbocycles. The molecule has 8 heteroatoms. The molecule has 0 bridgehead atoms. The SMILES string of the molecule is O=C1/C(=C\c2ccc([N+](=O)[O-])cc2)CN(CC2CC2)C/C1=C\c1ccc([N+](=O)[O-])cc1.